The van der Waals surface area contributed by atoms with Crippen molar-refractivity contribution in [2.45, 2.75) is 20.8 Å². The van der Waals surface area contributed by atoms with E-state index in [-0.39, 0.29) is 5.78 Å². The molecule has 0 aromatic heterocycles. The summed E-state index contributed by atoms with van der Waals surface area (Å²) in [6.07, 6.45) is 2.87. The number of rotatable bonds is 3. The summed E-state index contributed by atoms with van der Waals surface area (Å²) >= 11 is 0. The topological polar surface area (TPSA) is 52.9 Å². The van der Waals surface area contributed by atoms with Crippen molar-refractivity contribution < 1.29 is 4.79 Å². The number of carbonyl (C=O) groups is 1. The molecule has 0 atom stereocenters. The first kappa shape index (κ1) is 10.4. The average molecular weight is 164 g/mol. The molecular weight excluding hydrogens is 152 g/mol. The zero-order chi connectivity index (χ0) is 9.56. The highest BCUT2D eigenvalue weighted by molar-refractivity contribution is 5.87. The van der Waals surface area contributed by atoms with Crippen molar-refractivity contribution in [3.05, 3.63) is 23.5 Å². The maximum atomic E-state index is 10.6. The quantitative estimate of drug-likeness (QED) is 0.508. The Labute approximate surface area is 72.4 Å². The first-order valence-corrected chi connectivity index (χ1v) is 3.58. The monoisotopic (exact) mass is 164 g/mol. The number of nitriles is 1. The third-order valence-corrected chi connectivity index (χ3v) is 1.10. The SMILES string of the molecule is CC(=O)/C=C(\C)N/C(C)=C/C#N. The van der Waals surface area contributed by atoms with Gasteiger partial charge in [0.05, 0.1) is 6.07 Å². The highest BCUT2D eigenvalue weighted by Crippen LogP contribution is 1.93. The van der Waals surface area contributed by atoms with Gasteiger partial charge in [0, 0.05) is 17.5 Å². The van der Waals surface area contributed by atoms with E-state index in [0.717, 1.165) is 11.4 Å². The summed E-state index contributed by atoms with van der Waals surface area (Å²) < 4.78 is 0. The molecule has 12 heavy (non-hydrogen) atoms. The number of allylic oxidation sites excluding steroid dienone is 4. The largest absolute Gasteiger partial charge is 0.362 e. The minimum atomic E-state index is -0.00948. The van der Waals surface area contributed by atoms with E-state index in [1.807, 2.05) is 6.07 Å². The van der Waals surface area contributed by atoms with Gasteiger partial charge in [-0.25, -0.2) is 0 Å². The Kier molecular flexibility index (Phi) is 4.47. The molecule has 0 bridgehead atoms. The first-order valence-electron chi connectivity index (χ1n) is 3.58. The third-order valence-electron chi connectivity index (χ3n) is 1.10. The van der Waals surface area contributed by atoms with E-state index in [1.54, 1.807) is 13.8 Å². The van der Waals surface area contributed by atoms with Gasteiger partial charge < -0.3 is 5.32 Å². The number of carbonyl (C=O) groups excluding carboxylic acids is 1. The Morgan fingerprint density at radius 3 is 2.33 bits per heavy atom. The molecular formula is C9H12N2O. The zero-order valence-corrected chi connectivity index (χ0v) is 7.51. The predicted octanol–water partition coefficient (Wildman–Crippen LogP) is 1.50. The molecule has 0 aliphatic rings. The van der Waals surface area contributed by atoms with Gasteiger partial charge >= 0.3 is 0 Å². The molecule has 3 heteroatoms. The lowest BCUT2D eigenvalue weighted by atomic mass is 10.3. The second-order valence-corrected chi connectivity index (χ2v) is 2.52. The minimum absolute atomic E-state index is 0.00948. The lowest BCUT2D eigenvalue weighted by Crippen LogP contribution is -2.08. The third kappa shape index (κ3) is 5.24. The van der Waals surface area contributed by atoms with Crippen LogP contribution in [0, 0.1) is 11.3 Å². The summed E-state index contributed by atoms with van der Waals surface area (Å²) in [5.41, 5.74) is 1.47. The zero-order valence-electron chi connectivity index (χ0n) is 7.51. The van der Waals surface area contributed by atoms with Crippen molar-refractivity contribution >= 4 is 5.78 Å². The molecule has 0 unspecified atom stereocenters. The fraction of sp³-hybridized carbons (Fsp3) is 0.333. The fourth-order valence-electron chi connectivity index (χ4n) is 0.785. The molecule has 0 fully saturated rings. The number of hydrogen-bond donors (Lipinski definition) is 1. The Balaban J connectivity index is 4.20. The van der Waals surface area contributed by atoms with Crippen LogP contribution in [0.3, 0.4) is 0 Å². The van der Waals surface area contributed by atoms with Gasteiger partial charge in [0.25, 0.3) is 0 Å². The second kappa shape index (κ2) is 5.14. The standard InChI is InChI=1S/C9H12N2O/c1-7(4-5-10)11-8(2)6-9(3)12/h4,6,11H,1-3H3/b7-4+,8-6+. The summed E-state index contributed by atoms with van der Waals surface area (Å²) in [5.74, 6) is -0.00948. The van der Waals surface area contributed by atoms with Crippen molar-refractivity contribution in [1.82, 2.24) is 5.32 Å². The van der Waals surface area contributed by atoms with Crippen LogP contribution in [0.1, 0.15) is 20.8 Å². The van der Waals surface area contributed by atoms with E-state index in [0.29, 0.717) is 0 Å². The highest BCUT2D eigenvalue weighted by Gasteiger charge is 1.91. The van der Waals surface area contributed by atoms with Gasteiger partial charge in [-0.15, -0.1) is 0 Å². The molecule has 3 nitrogen and oxygen atoms in total. The van der Waals surface area contributed by atoms with Gasteiger partial charge in [-0.2, -0.15) is 5.26 Å². The van der Waals surface area contributed by atoms with Crippen molar-refractivity contribution in [3.63, 3.8) is 0 Å². The van der Waals surface area contributed by atoms with Crippen LogP contribution < -0.4 is 5.32 Å². The Morgan fingerprint density at radius 1 is 1.33 bits per heavy atom. The molecule has 0 radical (unpaired) electrons. The van der Waals surface area contributed by atoms with Crippen molar-refractivity contribution in [2.24, 2.45) is 0 Å². The second-order valence-electron chi connectivity index (χ2n) is 2.52. The van der Waals surface area contributed by atoms with Crippen LogP contribution in [0.4, 0.5) is 0 Å². The van der Waals surface area contributed by atoms with E-state index in [1.165, 1.54) is 19.1 Å². The first-order chi connectivity index (χ1) is 5.56. The van der Waals surface area contributed by atoms with E-state index in [9.17, 15) is 4.79 Å². The fourth-order valence-corrected chi connectivity index (χ4v) is 0.785. The lowest BCUT2D eigenvalue weighted by molar-refractivity contribution is -0.112. The molecule has 0 saturated carbocycles. The van der Waals surface area contributed by atoms with Gasteiger partial charge in [-0.1, -0.05) is 0 Å². The predicted molar refractivity (Wildman–Crippen MR) is 46.9 cm³/mol. The molecule has 0 spiro atoms. The van der Waals surface area contributed by atoms with Crippen LogP contribution in [0.2, 0.25) is 0 Å². The van der Waals surface area contributed by atoms with Crippen LogP contribution in [-0.2, 0) is 4.79 Å². The molecule has 0 saturated heterocycles. The van der Waals surface area contributed by atoms with Crippen molar-refractivity contribution in [3.8, 4) is 6.07 Å². The molecule has 0 heterocycles. The van der Waals surface area contributed by atoms with E-state index < -0.39 is 0 Å². The molecule has 0 aliphatic carbocycles. The van der Waals surface area contributed by atoms with E-state index >= 15 is 0 Å². The molecule has 0 aromatic rings. The van der Waals surface area contributed by atoms with Gasteiger partial charge in [0.15, 0.2) is 5.78 Å². The maximum Gasteiger partial charge on any atom is 0.154 e. The summed E-state index contributed by atoms with van der Waals surface area (Å²) in [4.78, 5) is 10.6. The van der Waals surface area contributed by atoms with Crippen LogP contribution in [0.5, 0.6) is 0 Å². The molecule has 0 aromatic carbocycles. The van der Waals surface area contributed by atoms with E-state index in [4.69, 9.17) is 5.26 Å². The average Bonchev–Trinajstić information content (AvgIpc) is 1.84. The summed E-state index contributed by atoms with van der Waals surface area (Å²) in [6, 6.07) is 1.89. The maximum absolute atomic E-state index is 10.6. The smallest absolute Gasteiger partial charge is 0.154 e. The Morgan fingerprint density at radius 2 is 1.92 bits per heavy atom. The van der Waals surface area contributed by atoms with Crippen LogP contribution in [0.25, 0.3) is 0 Å². The number of ketones is 1. The van der Waals surface area contributed by atoms with Crippen molar-refractivity contribution in [1.29, 1.82) is 5.26 Å². The Hall–Kier alpha value is -1.56. The van der Waals surface area contributed by atoms with E-state index in [2.05, 4.69) is 5.32 Å². The summed E-state index contributed by atoms with van der Waals surface area (Å²) in [6.45, 7) is 5.02. The lowest BCUT2D eigenvalue weighted by Gasteiger charge is -2.03. The molecule has 0 aliphatic heterocycles. The molecule has 64 valence electrons. The summed E-state index contributed by atoms with van der Waals surface area (Å²) in [7, 11) is 0. The molecule has 1 N–H and O–H groups in total. The normalized spacial score (nSPS) is 12.2. The van der Waals surface area contributed by atoms with Gasteiger partial charge in [-0.3, -0.25) is 4.79 Å². The van der Waals surface area contributed by atoms with Crippen LogP contribution in [0.15, 0.2) is 23.5 Å². The summed E-state index contributed by atoms with van der Waals surface area (Å²) in [5, 5.41) is 11.2. The van der Waals surface area contributed by atoms with Crippen LogP contribution >= 0.6 is 0 Å². The minimum Gasteiger partial charge on any atom is -0.362 e. The number of nitrogens with zero attached hydrogens (tertiary/aromatic N) is 1. The Bertz CT molecular complexity index is 269. The van der Waals surface area contributed by atoms with Crippen molar-refractivity contribution in [2.75, 3.05) is 0 Å². The van der Waals surface area contributed by atoms with Gasteiger partial charge in [-0.05, 0) is 26.8 Å². The highest BCUT2D eigenvalue weighted by atomic mass is 16.1. The number of nitrogens with one attached hydrogen (secondary N) is 1. The van der Waals surface area contributed by atoms with Gasteiger partial charge in [0.2, 0.25) is 0 Å². The molecule has 0 rings (SSSR count). The number of hydrogen-bond acceptors (Lipinski definition) is 3. The molecule has 0 amide bonds. The van der Waals surface area contributed by atoms with Crippen LogP contribution in [-0.4, -0.2) is 5.78 Å². The van der Waals surface area contributed by atoms with Gasteiger partial charge in [0.1, 0.15) is 0 Å².